The molecule has 0 aromatic heterocycles. The molecule has 10 nitrogen and oxygen atoms in total. The number of nitrogens with two attached hydrogens (primary N) is 1. The molecule has 2 aliphatic rings. The van der Waals surface area contributed by atoms with Gasteiger partial charge in [0.1, 0.15) is 24.3 Å². The summed E-state index contributed by atoms with van der Waals surface area (Å²) in [5.41, 5.74) is 6.86. The number of unbranched alkanes of at least 4 members (excludes halogenated alkanes) is 1. The van der Waals surface area contributed by atoms with Gasteiger partial charge in [0.2, 0.25) is 10.0 Å². The van der Waals surface area contributed by atoms with Gasteiger partial charge in [-0.2, -0.15) is 4.31 Å². The van der Waals surface area contributed by atoms with Gasteiger partial charge in [0.15, 0.2) is 6.79 Å². The molecule has 0 spiro atoms. The normalized spacial score (nSPS) is 22.7. The zero-order valence-corrected chi connectivity index (χ0v) is 22.6. The standard InChI is InChI=1S/C26H43N3O7S/c1-26(2,12-6-7-13-28-24(31)16-30)17-29(25(32)21(27)14-19-8-4-3-5-9-19)37(33,34)20-10-11-22-23(15-20)36-18-35-22/h3-5,8-9,15,20-22,24-25,28,30-32H,6-7,10-14,16-18,27H2,1-2H3/t20?,21-,22?,24?,25-/m0/s1. The summed E-state index contributed by atoms with van der Waals surface area (Å²) < 4.78 is 40.0. The van der Waals surface area contributed by atoms with Gasteiger partial charge >= 0.3 is 0 Å². The van der Waals surface area contributed by atoms with E-state index in [-0.39, 0.29) is 26.0 Å². The third-order valence-corrected chi connectivity index (χ3v) is 9.13. The van der Waals surface area contributed by atoms with Crippen molar-refractivity contribution in [2.75, 3.05) is 26.5 Å². The second-order valence-electron chi connectivity index (χ2n) is 10.7. The van der Waals surface area contributed by atoms with E-state index >= 15 is 0 Å². The fourth-order valence-corrected chi connectivity index (χ4v) is 6.91. The van der Waals surface area contributed by atoms with E-state index in [0.717, 1.165) is 18.4 Å². The van der Waals surface area contributed by atoms with Gasteiger partial charge in [0.05, 0.1) is 11.9 Å². The number of benzene rings is 1. The van der Waals surface area contributed by atoms with Crippen LogP contribution < -0.4 is 11.1 Å². The van der Waals surface area contributed by atoms with Crippen LogP contribution in [-0.2, 0) is 25.9 Å². The van der Waals surface area contributed by atoms with Crippen molar-refractivity contribution in [2.24, 2.45) is 11.1 Å². The smallest absolute Gasteiger partial charge is 0.222 e. The van der Waals surface area contributed by atoms with Gasteiger partial charge in [-0.3, -0.25) is 5.32 Å². The van der Waals surface area contributed by atoms with Crippen LogP contribution in [0.15, 0.2) is 42.2 Å². The van der Waals surface area contributed by atoms with E-state index in [1.807, 2.05) is 44.2 Å². The van der Waals surface area contributed by atoms with E-state index in [1.165, 1.54) is 4.31 Å². The number of ether oxygens (including phenoxy) is 2. The van der Waals surface area contributed by atoms with Crippen LogP contribution >= 0.6 is 0 Å². The zero-order chi connectivity index (χ0) is 27.1. The Labute approximate surface area is 220 Å². The van der Waals surface area contributed by atoms with Gasteiger partial charge in [0.25, 0.3) is 0 Å². The highest BCUT2D eigenvalue weighted by Crippen LogP contribution is 2.34. The minimum Gasteiger partial charge on any atom is -0.469 e. The Bertz CT molecular complexity index is 974. The van der Waals surface area contributed by atoms with Crippen molar-refractivity contribution in [3.8, 4) is 0 Å². The molecule has 1 aliphatic heterocycles. The van der Waals surface area contributed by atoms with Gasteiger partial charge in [-0.25, -0.2) is 8.42 Å². The Morgan fingerprint density at radius 3 is 2.62 bits per heavy atom. The van der Waals surface area contributed by atoms with Crippen molar-refractivity contribution in [1.82, 2.24) is 9.62 Å². The predicted octanol–water partition coefficient (Wildman–Crippen LogP) is 1.02. The number of hydrogen-bond donors (Lipinski definition) is 5. The molecular formula is C26H43N3O7S. The SMILES string of the molecule is CC(C)(CCCCNC(O)CO)CN([C@@H](O)[C@@H](N)Cc1ccccc1)S(=O)(=O)C1C=C2OCOC2CC1. The second kappa shape index (κ2) is 13.5. The molecule has 11 heteroatoms. The van der Waals surface area contributed by atoms with E-state index in [1.54, 1.807) is 6.08 Å². The van der Waals surface area contributed by atoms with Crippen molar-refractivity contribution in [3.63, 3.8) is 0 Å². The number of fused-ring (bicyclic) bond motifs is 1. The lowest BCUT2D eigenvalue weighted by atomic mass is 9.87. The lowest BCUT2D eigenvalue weighted by molar-refractivity contribution is 0.0191. The monoisotopic (exact) mass is 541 g/mol. The number of aliphatic hydroxyl groups excluding tert-OH is 3. The molecule has 3 rings (SSSR count). The fourth-order valence-electron chi connectivity index (χ4n) is 4.83. The molecular weight excluding hydrogens is 498 g/mol. The van der Waals surface area contributed by atoms with E-state index in [4.69, 9.17) is 20.3 Å². The lowest BCUT2D eigenvalue weighted by Gasteiger charge is -2.39. The molecule has 0 saturated carbocycles. The van der Waals surface area contributed by atoms with E-state index in [9.17, 15) is 18.6 Å². The molecule has 0 amide bonds. The molecule has 1 aromatic rings. The van der Waals surface area contributed by atoms with Gasteiger partial charge in [-0.1, -0.05) is 50.6 Å². The highest BCUT2D eigenvalue weighted by atomic mass is 32.2. The maximum atomic E-state index is 13.9. The molecule has 1 fully saturated rings. The quantitative estimate of drug-likeness (QED) is 0.162. The van der Waals surface area contributed by atoms with Crippen molar-refractivity contribution in [3.05, 3.63) is 47.7 Å². The number of sulfonamides is 1. The summed E-state index contributed by atoms with van der Waals surface area (Å²) in [5, 5.41) is 31.7. The van der Waals surface area contributed by atoms with Crippen LogP contribution in [0.3, 0.4) is 0 Å². The topological polar surface area (TPSA) is 155 Å². The summed E-state index contributed by atoms with van der Waals surface area (Å²) in [7, 11) is -3.96. The highest BCUT2D eigenvalue weighted by Gasteiger charge is 2.43. The first kappa shape index (κ1) is 30.0. The summed E-state index contributed by atoms with van der Waals surface area (Å²) >= 11 is 0. The zero-order valence-electron chi connectivity index (χ0n) is 21.8. The minimum absolute atomic E-state index is 0.103. The summed E-state index contributed by atoms with van der Waals surface area (Å²) in [4.78, 5) is 0. The first-order valence-electron chi connectivity index (χ1n) is 13.0. The molecule has 1 saturated heterocycles. The van der Waals surface area contributed by atoms with Crippen LogP contribution in [0.2, 0.25) is 0 Å². The van der Waals surface area contributed by atoms with Crippen molar-refractivity contribution in [1.29, 1.82) is 0 Å². The average Bonchev–Trinajstić information content (AvgIpc) is 3.35. The van der Waals surface area contributed by atoms with Gasteiger partial charge in [0, 0.05) is 12.6 Å². The Morgan fingerprint density at radius 2 is 1.92 bits per heavy atom. The third-order valence-electron chi connectivity index (χ3n) is 6.99. The molecule has 0 bridgehead atoms. The lowest BCUT2D eigenvalue weighted by Crippen LogP contribution is -2.56. The first-order valence-corrected chi connectivity index (χ1v) is 14.5. The molecule has 1 aromatic carbocycles. The minimum atomic E-state index is -3.96. The summed E-state index contributed by atoms with van der Waals surface area (Å²) in [6, 6.07) is 8.65. The van der Waals surface area contributed by atoms with Crippen LogP contribution in [0, 0.1) is 5.41 Å². The summed E-state index contributed by atoms with van der Waals surface area (Å²) in [5.74, 6) is 0.541. The highest BCUT2D eigenvalue weighted by molar-refractivity contribution is 7.89. The molecule has 1 heterocycles. The molecule has 37 heavy (non-hydrogen) atoms. The molecule has 1 aliphatic carbocycles. The van der Waals surface area contributed by atoms with Crippen LogP contribution in [0.25, 0.3) is 0 Å². The van der Waals surface area contributed by atoms with Crippen LogP contribution in [-0.4, -0.2) is 84.4 Å². The number of rotatable bonds is 15. The second-order valence-corrected chi connectivity index (χ2v) is 12.8. The summed E-state index contributed by atoms with van der Waals surface area (Å²) in [6.45, 7) is 4.35. The molecule has 0 radical (unpaired) electrons. The number of aliphatic hydroxyl groups is 3. The Balaban J connectivity index is 1.75. The Kier molecular flexibility index (Phi) is 10.9. The number of nitrogens with zero attached hydrogens (tertiary/aromatic N) is 1. The number of nitrogens with one attached hydrogen (secondary N) is 1. The Hall–Kier alpha value is -1.57. The predicted molar refractivity (Wildman–Crippen MR) is 140 cm³/mol. The van der Waals surface area contributed by atoms with Gasteiger partial charge in [-0.05, 0) is 55.7 Å². The van der Waals surface area contributed by atoms with E-state index in [0.29, 0.717) is 38.0 Å². The Morgan fingerprint density at radius 1 is 1.19 bits per heavy atom. The van der Waals surface area contributed by atoms with Crippen molar-refractivity contribution < 1.29 is 33.2 Å². The number of hydrogen-bond acceptors (Lipinski definition) is 9. The average molecular weight is 542 g/mol. The maximum absolute atomic E-state index is 13.9. The van der Waals surface area contributed by atoms with E-state index < -0.39 is 39.2 Å². The van der Waals surface area contributed by atoms with E-state index in [2.05, 4.69) is 5.32 Å². The van der Waals surface area contributed by atoms with Crippen LogP contribution in [0.4, 0.5) is 0 Å². The molecule has 5 atom stereocenters. The fraction of sp³-hybridized carbons (Fsp3) is 0.692. The van der Waals surface area contributed by atoms with Gasteiger partial charge < -0.3 is 30.5 Å². The van der Waals surface area contributed by atoms with Crippen LogP contribution in [0.5, 0.6) is 0 Å². The molecule has 6 N–H and O–H groups in total. The first-order chi connectivity index (χ1) is 17.5. The van der Waals surface area contributed by atoms with Crippen molar-refractivity contribution in [2.45, 2.75) is 82.2 Å². The largest absolute Gasteiger partial charge is 0.469 e. The summed E-state index contributed by atoms with van der Waals surface area (Å²) in [6.07, 6.45) is 2.51. The molecule has 3 unspecified atom stereocenters. The maximum Gasteiger partial charge on any atom is 0.222 e. The molecule has 210 valence electrons. The van der Waals surface area contributed by atoms with Crippen molar-refractivity contribution >= 4 is 10.0 Å². The van der Waals surface area contributed by atoms with Crippen LogP contribution in [0.1, 0.15) is 51.5 Å². The van der Waals surface area contributed by atoms with Gasteiger partial charge in [-0.15, -0.1) is 0 Å². The third kappa shape index (κ3) is 8.46.